The van der Waals surface area contributed by atoms with Gasteiger partial charge in [0.2, 0.25) is 0 Å². The molecule has 17 heavy (non-hydrogen) atoms. The van der Waals surface area contributed by atoms with Crippen molar-refractivity contribution in [3.63, 3.8) is 0 Å². The highest BCUT2D eigenvalue weighted by Gasteiger charge is 2.42. The minimum Gasteiger partial charge on any atom is -0.616 e. The first-order valence-electron chi connectivity index (χ1n) is 6.91. The van der Waals surface area contributed by atoms with Crippen molar-refractivity contribution in [1.29, 1.82) is 0 Å². The van der Waals surface area contributed by atoms with Gasteiger partial charge in [0.1, 0.15) is 11.5 Å². The van der Waals surface area contributed by atoms with E-state index in [1.54, 1.807) is 11.1 Å². The van der Waals surface area contributed by atoms with Crippen LogP contribution < -0.4 is 0 Å². The van der Waals surface area contributed by atoms with Crippen LogP contribution in [0.1, 0.15) is 59.8 Å². The van der Waals surface area contributed by atoms with Gasteiger partial charge < -0.3 is 4.55 Å². The van der Waals surface area contributed by atoms with Crippen LogP contribution in [-0.4, -0.2) is 16.1 Å². The molecule has 0 unspecified atom stereocenters. The molecule has 0 bridgehead atoms. The monoisotopic (exact) mass is 254 g/mol. The summed E-state index contributed by atoms with van der Waals surface area (Å²) in [6.45, 7) is 9.19. The summed E-state index contributed by atoms with van der Waals surface area (Å²) in [4.78, 5) is 0. The molecule has 0 N–H and O–H groups in total. The van der Waals surface area contributed by atoms with Gasteiger partial charge in [0.15, 0.2) is 0 Å². The van der Waals surface area contributed by atoms with E-state index in [0.717, 1.165) is 11.5 Å². The molecule has 0 spiro atoms. The standard InChI is InChI=1S/C15H26OS/c1-14(2)10-17(16)11-15(3,4)13-9-7-5-6-8-12(13)14/h5-11H2,1-4H3. The van der Waals surface area contributed by atoms with Gasteiger partial charge in [0.25, 0.3) is 0 Å². The number of rotatable bonds is 0. The van der Waals surface area contributed by atoms with E-state index in [9.17, 15) is 4.55 Å². The van der Waals surface area contributed by atoms with Gasteiger partial charge in [-0.05, 0) is 25.7 Å². The fourth-order valence-electron chi connectivity index (χ4n) is 3.61. The van der Waals surface area contributed by atoms with E-state index < -0.39 is 11.2 Å². The first kappa shape index (κ1) is 13.5. The minimum atomic E-state index is -0.661. The Morgan fingerprint density at radius 3 is 1.65 bits per heavy atom. The second-order valence-corrected chi connectivity index (χ2v) is 8.47. The lowest BCUT2D eigenvalue weighted by Crippen LogP contribution is -2.28. The molecule has 0 amide bonds. The Hall–Kier alpha value is 0.0500. The molecule has 1 nitrogen and oxygen atoms in total. The Bertz CT molecular complexity index is 298. The lowest BCUT2D eigenvalue weighted by atomic mass is 9.73. The topological polar surface area (TPSA) is 23.1 Å². The van der Waals surface area contributed by atoms with Gasteiger partial charge in [-0.25, -0.2) is 0 Å². The molecule has 1 heterocycles. The maximum atomic E-state index is 12.2. The third-order valence-corrected chi connectivity index (χ3v) is 6.48. The average Bonchev–Trinajstić information content (AvgIpc) is 2.42. The van der Waals surface area contributed by atoms with Crippen LogP contribution in [0.25, 0.3) is 0 Å². The molecule has 0 fully saturated rings. The van der Waals surface area contributed by atoms with Crippen molar-refractivity contribution in [2.24, 2.45) is 10.8 Å². The van der Waals surface area contributed by atoms with E-state index in [0.29, 0.717) is 0 Å². The van der Waals surface area contributed by atoms with Crippen LogP contribution in [0.5, 0.6) is 0 Å². The first-order chi connectivity index (χ1) is 7.83. The van der Waals surface area contributed by atoms with E-state index in [-0.39, 0.29) is 10.8 Å². The summed E-state index contributed by atoms with van der Waals surface area (Å²) in [5.74, 6) is 1.71. The fourth-order valence-corrected chi connectivity index (χ4v) is 5.67. The van der Waals surface area contributed by atoms with Crippen molar-refractivity contribution >= 4 is 11.2 Å². The van der Waals surface area contributed by atoms with Crippen molar-refractivity contribution in [1.82, 2.24) is 0 Å². The zero-order valence-corrected chi connectivity index (χ0v) is 12.6. The van der Waals surface area contributed by atoms with Crippen molar-refractivity contribution in [2.45, 2.75) is 59.8 Å². The Morgan fingerprint density at radius 1 is 0.824 bits per heavy atom. The van der Waals surface area contributed by atoms with Gasteiger partial charge in [-0.3, -0.25) is 0 Å². The molecule has 0 saturated heterocycles. The third kappa shape index (κ3) is 2.73. The zero-order valence-electron chi connectivity index (χ0n) is 11.8. The summed E-state index contributed by atoms with van der Waals surface area (Å²) >= 11 is -0.661. The molecule has 0 saturated carbocycles. The van der Waals surface area contributed by atoms with Crippen LogP contribution in [0.2, 0.25) is 0 Å². The largest absolute Gasteiger partial charge is 0.616 e. The minimum absolute atomic E-state index is 0.151. The molecule has 1 aliphatic carbocycles. The van der Waals surface area contributed by atoms with Crippen LogP contribution in [0, 0.1) is 10.8 Å². The SMILES string of the molecule is CC1(C)C[S+]([O-])CC(C)(C)C2=C1CCCCC2. The van der Waals surface area contributed by atoms with Crippen LogP contribution in [0.4, 0.5) is 0 Å². The summed E-state index contributed by atoms with van der Waals surface area (Å²) in [5, 5.41) is 0. The van der Waals surface area contributed by atoms with Crippen LogP contribution in [0.3, 0.4) is 0 Å². The van der Waals surface area contributed by atoms with Crippen molar-refractivity contribution < 1.29 is 4.55 Å². The predicted octanol–water partition coefficient (Wildman–Crippen LogP) is 4.06. The smallest absolute Gasteiger partial charge is 0.114 e. The van der Waals surface area contributed by atoms with Gasteiger partial charge in [0, 0.05) is 10.8 Å². The van der Waals surface area contributed by atoms with E-state index in [2.05, 4.69) is 27.7 Å². The van der Waals surface area contributed by atoms with E-state index in [4.69, 9.17) is 0 Å². The molecule has 0 aromatic heterocycles. The number of allylic oxidation sites excluding steroid dienone is 2. The summed E-state index contributed by atoms with van der Waals surface area (Å²) in [6, 6.07) is 0. The van der Waals surface area contributed by atoms with E-state index >= 15 is 0 Å². The molecular weight excluding hydrogens is 228 g/mol. The second-order valence-electron chi connectivity index (χ2n) is 7.01. The second kappa shape index (κ2) is 4.62. The van der Waals surface area contributed by atoms with Gasteiger partial charge >= 0.3 is 0 Å². The Kier molecular flexibility index (Phi) is 3.66. The van der Waals surface area contributed by atoms with Gasteiger partial charge in [-0.2, -0.15) is 0 Å². The molecule has 1 aliphatic heterocycles. The van der Waals surface area contributed by atoms with Crippen molar-refractivity contribution in [2.75, 3.05) is 11.5 Å². The molecule has 0 aromatic rings. The molecule has 0 aromatic carbocycles. The average molecular weight is 254 g/mol. The number of hydrogen-bond donors (Lipinski definition) is 0. The first-order valence-corrected chi connectivity index (χ1v) is 8.40. The maximum absolute atomic E-state index is 12.2. The fraction of sp³-hybridized carbons (Fsp3) is 0.867. The van der Waals surface area contributed by atoms with Gasteiger partial charge in [0.05, 0.1) is 0 Å². The lowest BCUT2D eigenvalue weighted by molar-refractivity contribution is 0.448. The quantitative estimate of drug-likeness (QED) is 0.472. The highest BCUT2D eigenvalue weighted by molar-refractivity contribution is 7.91. The summed E-state index contributed by atoms with van der Waals surface area (Å²) in [7, 11) is 0. The van der Waals surface area contributed by atoms with Crippen molar-refractivity contribution in [3.8, 4) is 0 Å². The highest BCUT2D eigenvalue weighted by Crippen LogP contribution is 2.47. The lowest BCUT2D eigenvalue weighted by Gasteiger charge is -2.29. The van der Waals surface area contributed by atoms with E-state index in [1.165, 1.54) is 32.1 Å². The van der Waals surface area contributed by atoms with Gasteiger partial charge in [-0.15, -0.1) is 0 Å². The van der Waals surface area contributed by atoms with Crippen LogP contribution in [-0.2, 0) is 11.2 Å². The van der Waals surface area contributed by atoms with Crippen LogP contribution in [0.15, 0.2) is 11.1 Å². The maximum Gasteiger partial charge on any atom is 0.114 e. The van der Waals surface area contributed by atoms with E-state index in [1.807, 2.05) is 0 Å². The number of hydrogen-bond acceptors (Lipinski definition) is 1. The summed E-state index contributed by atoms with van der Waals surface area (Å²) in [5.41, 5.74) is 3.59. The van der Waals surface area contributed by atoms with Crippen molar-refractivity contribution in [3.05, 3.63) is 11.1 Å². The molecular formula is C15H26OS. The zero-order chi connectivity index (χ0) is 12.7. The molecule has 2 aliphatic rings. The normalized spacial score (nSPS) is 29.5. The summed E-state index contributed by atoms with van der Waals surface area (Å²) in [6.07, 6.45) is 6.49. The van der Waals surface area contributed by atoms with Gasteiger partial charge in [-0.1, -0.05) is 56.4 Å². The summed E-state index contributed by atoms with van der Waals surface area (Å²) < 4.78 is 12.2. The Morgan fingerprint density at radius 2 is 1.24 bits per heavy atom. The molecule has 0 atom stereocenters. The Balaban J connectivity index is 2.46. The predicted molar refractivity (Wildman–Crippen MR) is 75.5 cm³/mol. The Labute approximate surface area is 109 Å². The highest BCUT2D eigenvalue weighted by atomic mass is 32.2. The molecule has 0 radical (unpaired) electrons. The molecule has 2 rings (SSSR count). The third-order valence-electron chi connectivity index (χ3n) is 4.40. The molecule has 98 valence electrons. The molecule has 2 heteroatoms. The van der Waals surface area contributed by atoms with Crippen LogP contribution >= 0.6 is 0 Å².